The molecule has 0 aliphatic rings. The smallest absolute Gasteiger partial charge is 0.321 e. The Bertz CT molecular complexity index is 921. The van der Waals surface area contributed by atoms with Crippen molar-refractivity contribution in [1.82, 2.24) is 0 Å². The molecule has 0 heterocycles. The van der Waals surface area contributed by atoms with E-state index >= 15 is 0 Å². The Hall–Kier alpha value is -2.94. The third-order valence-electron chi connectivity index (χ3n) is 5.74. The zero-order chi connectivity index (χ0) is 28.2. The van der Waals surface area contributed by atoms with Crippen molar-refractivity contribution >= 4 is 23.9 Å². The lowest BCUT2D eigenvalue weighted by Gasteiger charge is -2.28. The first kappa shape index (κ1) is 32.1. The molecule has 0 fully saturated rings. The van der Waals surface area contributed by atoms with Gasteiger partial charge in [0.25, 0.3) is 0 Å². The summed E-state index contributed by atoms with van der Waals surface area (Å²) in [6.45, 7) is 11.4. The van der Waals surface area contributed by atoms with Crippen molar-refractivity contribution in [3.05, 3.63) is 23.8 Å². The Kier molecular flexibility index (Phi) is 13.3. The van der Waals surface area contributed by atoms with Gasteiger partial charge < -0.3 is 25.1 Å². The molecule has 208 valence electrons. The third kappa shape index (κ3) is 11.8. The maximum atomic E-state index is 12.4. The van der Waals surface area contributed by atoms with Crippen molar-refractivity contribution in [3.8, 4) is 11.5 Å². The molecule has 0 saturated carbocycles. The molecular weight excluding hydrogens is 478 g/mol. The summed E-state index contributed by atoms with van der Waals surface area (Å²) in [5, 5.41) is 9.67. The highest BCUT2D eigenvalue weighted by Crippen LogP contribution is 2.36. The highest BCUT2D eigenvalue weighted by Gasteiger charge is 2.33. The lowest BCUT2D eigenvalue weighted by Crippen LogP contribution is -2.40. The van der Waals surface area contributed by atoms with Gasteiger partial charge in [-0.3, -0.25) is 19.2 Å². The molecule has 1 rings (SSSR count). The number of unbranched alkanes of at least 4 members (excludes halogenated alkanes) is 2. The average molecular weight is 522 g/mol. The lowest BCUT2D eigenvalue weighted by molar-refractivity contribution is -0.147. The fourth-order valence-electron chi connectivity index (χ4n) is 3.74. The van der Waals surface area contributed by atoms with E-state index in [2.05, 4.69) is 0 Å². The van der Waals surface area contributed by atoms with Gasteiger partial charge >= 0.3 is 23.9 Å². The maximum absolute atomic E-state index is 12.4. The van der Waals surface area contributed by atoms with Gasteiger partial charge in [0.15, 0.2) is 11.5 Å². The predicted octanol–water partition coefficient (Wildman–Crippen LogP) is 4.99. The van der Waals surface area contributed by atoms with Crippen molar-refractivity contribution in [2.24, 2.45) is 17.1 Å². The molecule has 0 aliphatic heterocycles. The number of rotatable bonds is 15. The van der Waals surface area contributed by atoms with Crippen LogP contribution in [0, 0.1) is 11.3 Å². The number of aliphatic carboxylic acids is 1. The number of carboxylic acid groups (broad SMARTS) is 1. The first-order valence-electron chi connectivity index (χ1n) is 13.0. The molecule has 37 heavy (non-hydrogen) atoms. The molecule has 0 radical (unpaired) electrons. The van der Waals surface area contributed by atoms with Crippen LogP contribution in [0.25, 0.3) is 0 Å². The van der Waals surface area contributed by atoms with Crippen LogP contribution in [0.15, 0.2) is 18.2 Å². The van der Waals surface area contributed by atoms with Gasteiger partial charge in [0, 0.05) is 18.8 Å². The molecule has 1 aromatic rings. The summed E-state index contributed by atoms with van der Waals surface area (Å²) in [7, 11) is 0. The Morgan fingerprint density at radius 3 is 1.95 bits per heavy atom. The van der Waals surface area contributed by atoms with Crippen LogP contribution in [-0.2, 0) is 23.9 Å². The van der Waals surface area contributed by atoms with Crippen molar-refractivity contribution in [2.45, 2.75) is 98.4 Å². The van der Waals surface area contributed by atoms with Gasteiger partial charge in [0.1, 0.15) is 6.04 Å². The van der Waals surface area contributed by atoms with Gasteiger partial charge in [0.2, 0.25) is 0 Å². The number of ether oxygens (including phenoxy) is 3. The standard InChI is InChI=1S/C28H43NO8/c1-7-9-11-22(30)36-20-14-13-19(15-21(20)37-23(31)12-10-8-2)25(26(29)27(33)34)18(3)17-35-24(32)16-28(4,5)6/h13-15,18,25-26H,7-12,16-17,29H2,1-6H3,(H,33,34)/t18?,25?,26-/m0/s1. The Balaban J connectivity index is 3.29. The monoisotopic (exact) mass is 521 g/mol. The van der Waals surface area contributed by atoms with E-state index in [0.29, 0.717) is 18.4 Å². The fourth-order valence-corrected chi connectivity index (χ4v) is 3.74. The summed E-state index contributed by atoms with van der Waals surface area (Å²) in [4.78, 5) is 48.7. The van der Waals surface area contributed by atoms with Crippen LogP contribution in [0.1, 0.15) is 98.0 Å². The Morgan fingerprint density at radius 2 is 1.46 bits per heavy atom. The van der Waals surface area contributed by atoms with Crippen LogP contribution in [0.4, 0.5) is 0 Å². The van der Waals surface area contributed by atoms with E-state index in [1.807, 2.05) is 34.6 Å². The normalized spacial score (nSPS) is 13.8. The summed E-state index contributed by atoms with van der Waals surface area (Å²) in [6, 6.07) is 3.22. The highest BCUT2D eigenvalue weighted by atomic mass is 16.6. The van der Waals surface area contributed by atoms with E-state index in [1.165, 1.54) is 12.1 Å². The summed E-state index contributed by atoms with van der Waals surface area (Å²) in [5.41, 5.74) is 6.27. The zero-order valence-corrected chi connectivity index (χ0v) is 23.0. The largest absolute Gasteiger partial charge is 0.480 e. The summed E-state index contributed by atoms with van der Waals surface area (Å²) in [6.07, 6.45) is 3.52. The number of hydrogen-bond donors (Lipinski definition) is 2. The van der Waals surface area contributed by atoms with Crippen LogP contribution in [0.3, 0.4) is 0 Å². The van der Waals surface area contributed by atoms with Gasteiger partial charge in [-0.2, -0.15) is 0 Å². The van der Waals surface area contributed by atoms with Crippen LogP contribution in [-0.4, -0.2) is 41.6 Å². The molecular formula is C28H43NO8. The van der Waals surface area contributed by atoms with Gasteiger partial charge in [-0.05, 0) is 41.9 Å². The topological polar surface area (TPSA) is 142 Å². The minimum atomic E-state index is -1.32. The molecule has 3 N–H and O–H groups in total. The Labute approximate surface area is 220 Å². The highest BCUT2D eigenvalue weighted by molar-refractivity contribution is 5.77. The van der Waals surface area contributed by atoms with Crippen molar-refractivity contribution < 1.29 is 38.5 Å². The summed E-state index contributed by atoms with van der Waals surface area (Å²) in [5.74, 6) is -3.73. The Morgan fingerprint density at radius 1 is 0.919 bits per heavy atom. The molecule has 0 spiro atoms. The average Bonchev–Trinajstić information content (AvgIpc) is 2.80. The van der Waals surface area contributed by atoms with Crippen LogP contribution in [0.5, 0.6) is 11.5 Å². The second-order valence-corrected chi connectivity index (χ2v) is 10.6. The van der Waals surface area contributed by atoms with E-state index < -0.39 is 35.8 Å². The molecule has 9 nitrogen and oxygen atoms in total. The first-order valence-corrected chi connectivity index (χ1v) is 13.0. The molecule has 0 aromatic heterocycles. The van der Waals surface area contributed by atoms with Crippen molar-refractivity contribution in [3.63, 3.8) is 0 Å². The van der Waals surface area contributed by atoms with E-state index in [1.54, 1.807) is 13.0 Å². The lowest BCUT2D eigenvalue weighted by atomic mass is 9.82. The van der Waals surface area contributed by atoms with Crippen LogP contribution >= 0.6 is 0 Å². The molecule has 2 unspecified atom stereocenters. The second kappa shape index (κ2) is 15.3. The number of esters is 3. The summed E-state index contributed by atoms with van der Waals surface area (Å²) < 4.78 is 16.4. The van der Waals surface area contributed by atoms with Crippen molar-refractivity contribution in [1.29, 1.82) is 0 Å². The molecule has 9 heteroatoms. The number of nitrogens with two attached hydrogens (primary N) is 1. The molecule has 0 amide bonds. The van der Waals surface area contributed by atoms with Crippen molar-refractivity contribution in [2.75, 3.05) is 6.61 Å². The van der Waals surface area contributed by atoms with Gasteiger partial charge in [-0.1, -0.05) is 60.5 Å². The van der Waals surface area contributed by atoms with E-state index in [-0.39, 0.29) is 48.8 Å². The SMILES string of the molecule is CCCCC(=O)Oc1ccc(C(C(C)COC(=O)CC(C)(C)C)[C@H](N)C(=O)O)cc1OC(=O)CCCC. The molecule has 0 aliphatic carbocycles. The minimum absolute atomic E-state index is 0.0166. The quantitative estimate of drug-likeness (QED) is 0.241. The van der Waals surface area contributed by atoms with Gasteiger partial charge in [-0.25, -0.2) is 0 Å². The first-order chi connectivity index (χ1) is 17.3. The number of carbonyl (C=O) groups excluding carboxylic acids is 3. The van der Waals surface area contributed by atoms with Gasteiger partial charge in [0.05, 0.1) is 13.0 Å². The van der Waals surface area contributed by atoms with E-state index in [9.17, 15) is 24.3 Å². The fraction of sp³-hybridized carbons (Fsp3) is 0.643. The zero-order valence-electron chi connectivity index (χ0n) is 23.0. The van der Waals surface area contributed by atoms with Gasteiger partial charge in [-0.15, -0.1) is 0 Å². The molecule has 1 aromatic carbocycles. The van der Waals surface area contributed by atoms with Crippen LogP contribution in [0.2, 0.25) is 0 Å². The maximum Gasteiger partial charge on any atom is 0.321 e. The number of carbonyl (C=O) groups is 4. The van der Waals surface area contributed by atoms with E-state index in [4.69, 9.17) is 19.9 Å². The molecule has 0 saturated heterocycles. The second-order valence-electron chi connectivity index (χ2n) is 10.6. The molecule has 0 bridgehead atoms. The van der Waals surface area contributed by atoms with Crippen LogP contribution < -0.4 is 15.2 Å². The predicted molar refractivity (Wildman–Crippen MR) is 139 cm³/mol. The third-order valence-corrected chi connectivity index (χ3v) is 5.74. The number of carboxylic acids is 1. The van der Waals surface area contributed by atoms with E-state index in [0.717, 1.165) is 12.8 Å². The summed E-state index contributed by atoms with van der Waals surface area (Å²) >= 11 is 0. The number of benzene rings is 1. The molecule has 3 atom stereocenters. The minimum Gasteiger partial charge on any atom is -0.480 e. The number of hydrogen-bond acceptors (Lipinski definition) is 8.